The van der Waals surface area contributed by atoms with Crippen LogP contribution in [0.15, 0.2) is 16.7 Å². The van der Waals surface area contributed by atoms with E-state index >= 15 is 0 Å². The van der Waals surface area contributed by atoms with Crippen LogP contribution in [-0.4, -0.2) is 19.3 Å². The Morgan fingerprint density at radius 2 is 2.15 bits per heavy atom. The highest BCUT2D eigenvalue weighted by atomic mass is 16.1. The molecule has 0 amide bonds. The van der Waals surface area contributed by atoms with Crippen LogP contribution in [0, 0.1) is 5.41 Å². The summed E-state index contributed by atoms with van der Waals surface area (Å²) in [4.78, 5) is 16.1. The molecule has 0 atom stereocenters. The van der Waals surface area contributed by atoms with E-state index in [9.17, 15) is 4.79 Å². The lowest BCUT2D eigenvalue weighted by Gasteiger charge is -2.19. The van der Waals surface area contributed by atoms with Crippen LogP contribution in [-0.2, 0) is 4.79 Å². The van der Waals surface area contributed by atoms with E-state index in [1.807, 2.05) is 28.6 Å². The number of allylic oxidation sites excluding steroid dienone is 1. The molecule has 1 aliphatic heterocycles. The zero-order valence-electron chi connectivity index (χ0n) is 8.85. The zero-order valence-corrected chi connectivity index (χ0v) is 8.85. The second-order valence-corrected chi connectivity index (χ2v) is 4.52. The molecule has 0 aromatic heterocycles. The minimum Gasteiger partial charge on any atom is -0.292 e. The van der Waals surface area contributed by atoms with Crippen molar-refractivity contribution in [3.05, 3.63) is 11.7 Å². The fraction of sp³-hybridized carbons (Fsp3) is 0.600. The molecule has 0 aromatic rings. The van der Waals surface area contributed by atoms with E-state index in [-0.39, 0.29) is 11.2 Å². The highest BCUT2D eigenvalue weighted by Crippen LogP contribution is 2.19. The summed E-state index contributed by atoms with van der Waals surface area (Å²) >= 11 is 0. The molecule has 2 nitrogen and oxygen atoms in total. The minimum absolute atomic E-state index is 0.181. The minimum atomic E-state index is -0.295. The first-order valence-corrected chi connectivity index (χ1v) is 4.70. The largest absolute Gasteiger partial charge is 0.292 e. The van der Waals surface area contributed by atoms with Crippen molar-refractivity contribution in [2.45, 2.75) is 33.6 Å². The summed E-state index contributed by atoms with van der Waals surface area (Å²) in [6.07, 6.45) is 3.82. The van der Waals surface area contributed by atoms with Crippen molar-refractivity contribution in [1.29, 1.82) is 0 Å². The average Bonchev–Trinajstić information content (AvgIpc) is 2.01. The molecule has 0 aliphatic carbocycles. The van der Waals surface area contributed by atoms with E-state index in [4.69, 9.17) is 0 Å². The van der Waals surface area contributed by atoms with Gasteiger partial charge in [0, 0.05) is 5.41 Å². The number of hydrogen-bond donors (Lipinski definition) is 0. The van der Waals surface area contributed by atoms with Crippen molar-refractivity contribution in [2.75, 3.05) is 0 Å². The number of carbonyl (C=O) groups is 1. The van der Waals surface area contributed by atoms with Crippen LogP contribution in [0.3, 0.4) is 0 Å². The molecule has 1 aliphatic rings. The first-order chi connectivity index (χ1) is 5.91. The van der Waals surface area contributed by atoms with E-state index in [1.54, 1.807) is 0 Å². The summed E-state index contributed by atoms with van der Waals surface area (Å²) < 4.78 is 0. The maximum atomic E-state index is 11.8. The van der Waals surface area contributed by atoms with Gasteiger partial charge in [-0.25, -0.2) is 0 Å². The SMILES string of the molecule is BC1=CCCC(C(=O)C(C)(C)C)=N1. The van der Waals surface area contributed by atoms with E-state index in [1.165, 1.54) is 0 Å². The Morgan fingerprint density at radius 3 is 2.62 bits per heavy atom. The highest BCUT2D eigenvalue weighted by molar-refractivity contribution is 6.42. The molecule has 1 rings (SSSR count). The summed E-state index contributed by atoms with van der Waals surface area (Å²) in [6, 6.07) is 0. The summed E-state index contributed by atoms with van der Waals surface area (Å²) in [6.45, 7) is 5.81. The summed E-state index contributed by atoms with van der Waals surface area (Å²) in [7, 11) is 1.94. The average molecular weight is 177 g/mol. The van der Waals surface area contributed by atoms with Gasteiger partial charge in [0.15, 0.2) is 13.6 Å². The van der Waals surface area contributed by atoms with Crippen LogP contribution in [0.2, 0.25) is 0 Å². The Hall–Kier alpha value is -0.855. The highest BCUT2D eigenvalue weighted by Gasteiger charge is 2.26. The van der Waals surface area contributed by atoms with E-state index < -0.39 is 0 Å². The van der Waals surface area contributed by atoms with Crippen LogP contribution in [0.1, 0.15) is 33.6 Å². The van der Waals surface area contributed by atoms with Gasteiger partial charge in [0.2, 0.25) is 0 Å². The van der Waals surface area contributed by atoms with Crippen molar-refractivity contribution < 1.29 is 4.79 Å². The molecule has 0 unspecified atom stereocenters. The molecule has 0 fully saturated rings. The molecule has 70 valence electrons. The molecule has 0 bridgehead atoms. The van der Waals surface area contributed by atoms with Crippen molar-refractivity contribution in [3.63, 3.8) is 0 Å². The van der Waals surface area contributed by atoms with Gasteiger partial charge in [0.1, 0.15) is 0 Å². The molecule has 0 N–H and O–H groups in total. The zero-order chi connectivity index (χ0) is 10.1. The number of nitrogens with zero attached hydrogens (tertiary/aromatic N) is 1. The van der Waals surface area contributed by atoms with Crippen molar-refractivity contribution in [1.82, 2.24) is 0 Å². The maximum Gasteiger partial charge on any atom is 0.182 e. The van der Waals surface area contributed by atoms with E-state index in [2.05, 4.69) is 11.1 Å². The van der Waals surface area contributed by atoms with Crippen molar-refractivity contribution in [3.8, 4) is 0 Å². The lowest BCUT2D eigenvalue weighted by Crippen LogP contribution is -2.29. The fourth-order valence-electron chi connectivity index (χ4n) is 1.33. The van der Waals surface area contributed by atoms with Gasteiger partial charge < -0.3 is 0 Å². The predicted octanol–water partition coefficient (Wildman–Crippen LogP) is 1.31. The predicted molar refractivity (Wildman–Crippen MR) is 57.8 cm³/mol. The molecule has 0 saturated carbocycles. The summed E-state index contributed by atoms with van der Waals surface area (Å²) in [5, 5.41) is 0. The second kappa shape index (κ2) is 3.48. The number of aliphatic imine (C=N–C) groups is 1. The molecular weight excluding hydrogens is 161 g/mol. The number of hydrogen-bond acceptors (Lipinski definition) is 2. The third-order valence-electron chi connectivity index (χ3n) is 2.08. The summed E-state index contributed by atoms with van der Waals surface area (Å²) in [5.74, 6) is 0.181. The lowest BCUT2D eigenvalue weighted by molar-refractivity contribution is -0.119. The van der Waals surface area contributed by atoms with Gasteiger partial charge in [-0.05, 0) is 18.4 Å². The van der Waals surface area contributed by atoms with Crippen molar-refractivity contribution >= 4 is 19.3 Å². The van der Waals surface area contributed by atoms with Gasteiger partial charge in [0.25, 0.3) is 0 Å². The molecule has 13 heavy (non-hydrogen) atoms. The quantitative estimate of drug-likeness (QED) is 0.555. The van der Waals surface area contributed by atoms with E-state index in [0.717, 1.165) is 24.1 Å². The van der Waals surface area contributed by atoms with Crippen LogP contribution in [0.25, 0.3) is 0 Å². The smallest absolute Gasteiger partial charge is 0.182 e. The number of carbonyl (C=O) groups excluding carboxylic acids is 1. The Bertz CT molecular complexity index is 284. The summed E-state index contributed by atoms with van der Waals surface area (Å²) in [5.41, 5.74) is 1.42. The molecule has 0 saturated heterocycles. The monoisotopic (exact) mass is 177 g/mol. The second-order valence-electron chi connectivity index (χ2n) is 4.52. The Balaban J connectivity index is 2.85. The Labute approximate surface area is 80.5 Å². The fourth-order valence-corrected chi connectivity index (χ4v) is 1.33. The first-order valence-electron chi connectivity index (χ1n) is 4.70. The first kappa shape index (κ1) is 10.2. The van der Waals surface area contributed by atoms with Gasteiger partial charge in [-0.3, -0.25) is 9.79 Å². The molecule has 3 heteroatoms. The van der Waals surface area contributed by atoms with Gasteiger partial charge in [-0.1, -0.05) is 26.8 Å². The van der Waals surface area contributed by atoms with Gasteiger partial charge in [-0.15, -0.1) is 0 Å². The van der Waals surface area contributed by atoms with Gasteiger partial charge in [-0.2, -0.15) is 0 Å². The topological polar surface area (TPSA) is 29.4 Å². The molecule has 0 spiro atoms. The maximum absolute atomic E-state index is 11.8. The normalized spacial score (nSPS) is 17.8. The lowest BCUT2D eigenvalue weighted by atomic mass is 9.85. The Kier molecular flexibility index (Phi) is 2.74. The molecule has 1 heterocycles. The number of rotatable bonds is 1. The molecular formula is C10H16BNO. The number of Topliss-reactive ketones (excluding diaryl/α,β-unsaturated/α-hetero) is 1. The van der Waals surface area contributed by atoms with Crippen molar-refractivity contribution in [2.24, 2.45) is 10.4 Å². The number of ketones is 1. The van der Waals surface area contributed by atoms with Gasteiger partial charge >= 0.3 is 0 Å². The Morgan fingerprint density at radius 1 is 1.54 bits per heavy atom. The van der Waals surface area contributed by atoms with Crippen LogP contribution >= 0.6 is 0 Å². The van der Waals surface area contributed by atoms with Crippen LogP contribution in [0.4, 0.5) is 0 Å². The van der Waals surface area contributed by atoms with Crippen LogP contribution < -0.4 is 0 Å². The van der Waals surface area contributed by atoms with Crippen LogP contribution in [0.5, 0.6) is 0 Å². The third kappa shape index (κ3) is 2.54. The van der Waals surface area contributed by atoms with E-state index in [0.29, 0.717) is 0 Å². The standard InChI is InChI=1S/C10H16BNO/c1-10(2,3)9(13)7-5-4-6-8(11)12-7/h6H,4-5,11H2,1-3H3. The molecule has 0 aromatic carbocycles. The third-order valence-corrected chi connectivity index (χ3v) is 2.08. The van der Waals surface area contributed by atoms with Gasteiger partial charge in [0.05, 0.1) is 5.71 Å². The molecule has 0 radical (unpaired) electrons.